The topological polar surface area (TPSA) is 51.4 Å². The van der Waals surface area contributed by atoms with E-state index in [9.17, 15) is 0 Å². The monoisotopic (exact) mass is 252 g/mol. The van der Waals surface area contributed by atoms with Gasteiger partial charge in [-0.2, -0.15) is 5.10 Å². The molecule has 1 spiro atoms. The number of nitrogens with zero attached hydrogens (tertiary/aromatic N) is 3. The number of rotatable bonds is 1. The Balaban J connectivity index is 1.70. The van der Waals surface area contributed by atoms with Crippen molar-refractivity contribution in [1.82, 2.24) is 9.78 Å². The molecule has 0 atom stereocenters. The molecule has 2 aliphatic heterocycles. The normalized spacial score (nSPS) is 22.8. The third-order valence-corrected chi connectivity index (χ3v) is 4.34. The Hall–Kier alpha value is -1.01. The van der Waals surface area contributed by atoms with Gasteiger partial charge in [-0.05, 0) is 12.8 Å². The van der Waals surface area contributed by atoms with Crippen LogP contribution in [-0.2, 0) is 11.8 Å². The number of amidine groups is 1. The Labute approximate surface area is 105 Å². The van der Waals surface area contributed by atoms with Gasteiger partial charge in [0.15, 0.2) is 11.0 Å². The standard InChI is InChI=1S/C11H16N4OS/c1-15-5-2-9(14-15)12-10-13-11(8-17-10)3-6-16-7-4-11/h2,5H,3-4,6-8H2,1H3,(H,12,13,14). The van der Waals surface area contributed by atoms with Crippen LogP contribution in [0, 0.1) is 0 Å². The second kappa shape index (κ2) is 4.34. The minimum Gasteiger partial charge on any atom is -0.381 e. The highest BCUT2D eigenvalue weighted by Crippen LogP contribution is 2.35. The molecule has 0 aliphatic carbocycles. The molecule has 5 nitrogen and oxygen atoms in total. The average Bonchev–Trinajstić information content (AvgIpc) is 2.89. The molecular formula is C11H16N4OS. The Morgan fingerprint density at radius 2 is 2.29 bits per heavy atom. The van der Waals surface area contributed by atoms with Crippen LogP contribution in [0.15, 0.2) is 17.3 Å². The minimum absolute atomic E-state index is 0.111. The van der Waals surface area contributed by atoms with E-state index in [0.717, 1.165) is 42.8 Å². The lowest BCUT2D eigenvalue weighted by atomic mass is 9.93. The Kier molecular flexibility index (Phi) is 2.84. The van der Waals surface area contributed by atoms with Gasteiger partial charge in [0, 0.05) is 38.3 Å². The van der Waals surface area contributed by atoms with Gasteiger partial charge >= 0.3 is 0 Å². The molecule has 3 heterocycles. The molecule has 17 heavy (non-hydrogen) atoms. The van der Waals surface area contributed by atoms with Crippen LogP contribution in [0.3, 0.4) is 0 Å². The fourth-order valence-electron chi connectivity index (χ4n) is 2.15. The van der Waals surface area contributed by atoms with E-state index < -0.39 is 0 Å². The lowest BCUT2D eigenvalue weighted by molar-refractivity contribution is 0.0624. The van der Waals surface area contributed by atoms with Crippen molar-refractivity contribution in [3.8, 4) is 0 Å². The Bertz CT molecular complexity index is 436. The van der Waals surface area contributed by atoms with E-state index in [4.69, 9.17) is 9.73 Å². The molecule has 6 heteroatoms. The van der Waals surface area contributed by atoms with Crippen LogP contribution >= 0.6 is 11.8 Å². The molecule has 1 aromatic heterocycles. The van der Waals surface area contributed by atoms with Crippen molar-refractivity contribution in [2.45, 2.75) is 18.4 Å². The molecule has 0 unspecified atom stereocenters. The Morgan fingerprint density at radius 3 is 3.00 bits per heavy atom. The molecule has 1 saturated heterocycles. The molecule has 92 valence electrons. The highest BCUT2D eigenvalue weighted by atomic mass is 32.2. The van der Waals surface area contributed by atoms with E-state index in [1.807, 2.05) is 19.3 Å². The van der Waals surface area contributed by atoms with E-state index >= 15 is 0 Å². The minimum atomic E-state index is 0.111. The molecule has 0 amide bonds. The van der Waals surface area contributed by atoms with Crippen molar-refractivity contribution in [2.75, 3.05) is 24.3 Å². The van der Waals surface area contributed by atoms with Crippen molar-refractivity contribution in [3.05, 3.63) is 12.3 Å². The number of nitrogens with one attached hydrogen (secondary N) is 1. The second-order valence-corrected chi connectivity index (χ2v) is 5.51. The SMILES string of the molecule is Cn1ccc(NC2=NC3(CCOCC3)CS2)n1. The van der Waals surface area contributed by atoms with Crippen molar-refractivity contribution in [2.24, 2.45) is 12.0 Å². The van der Waals surface area contributed by atoms with Gasteiger partial charge in [-0.25, -0.2) is 0 Å². The van der Waals surface area contributed by atoms with E-state index in [0.29, 0.717) is 0 Å². The van der Waals surface area contributed by atoms with Crippen LogP contribution in [0.5, 0.6) is 0 Å². The van der Waals surface area contributed by atoms with Crippen LogP contribution in [-0.4, -0.2) is 39.5 Å². The maximum atomic E-state index is 5.40. The van der Waals surface area contributed by atoms with E-state index in [-0.39, 0.29) is 5.54 Å². The lowest BCUT2D eigenvalue weighted by Gasteiger charge is -2.29. The van der Waals surface area contributed by atoms with Gasteiger partial charge in [0.25, 0.3) is 0 Å². The zero-order valence-electron chi connectivity index (χ0n) is 9.85. The largest absolute Gasteiger partial charge is 0.381 e. The molecule has 0 bridgehead atoms. The molecule has 0 saturated carbocycles. The van der Waals surface area contributed by atoms with Crippen LogP contribution in [0.25, 0.3) is 0 Å². The number of hydrogen-bond acceptors (Lipinski definition) is 5. The van der Waals surface area contributed by atoms with Gasteiger partial charge in [0.1, 0.15) is 0 Å². The van der Waals surface area contributed by atoms with Gasteiger partial charge < -0.3 is 10.1 Å². The van der Waals surface area contributed by atoms with Crippen LogP contribution in [0.4, 0.5) is 5.82 Å². The number of ether oxygens (including phenoxy) is 1. The summed E-state index contributed by atoms with van der Waals surface area (Å²) in [6.45, 7) is 1.67. The smallest absolute Gasteiger partial charge is 0.162 e. The van der Waals surface area contributed by atoms with Crippen molar-refractivity contribution >= 4 is 22.7 Å². The molecule has 3 rings (SSSR count). The third kappa shape index (κ3) is 2.32. The maximum absolute atomic E-state index is 5.40. The summed E-state index contributed by atoms with van der Waals surface area (Å²) in [5.41, 5.74) is 0.111. The first-order valence-electron chi connectivity index (χ1n) is 5.83. The van der Waals surface area contributed by atoms with Crippen molar-refractivity contribution in [3.63, 3.8) is 0 Å². The van der Waals surface area contributed by atoms with Gasteiger partial charge in [-0.3, -0.25) is 9.67 Å². The predicted molar refractivity (Wildman–Crippen MR) is 69.5 cm³/mol. The van der Waals surface area contributed by atoms with Gasteiger partial charge in [0.05, 0.1) is 5.54 Å². The average molecular weight is 252 g/mol. The van der Waals surface area contributed by atoms with E-state index in [2.05, 4.69) is 10.4 Å². The summed E-state index contributed by atoms with van der Waals surface area (Å²) in [7, 11) is 1.91. The number of aryl methyl sites for hydroxylation is 1. The highest BCUT2D eigenvalue weighted by Gasteiger charge is 2.37. The number of aromatic nitrogens is 2. The summed E-state index contributed by atoms with van der Waals surface area (Å²) in [6, 6.07) is 1.96. The highest BCUT2D eigenvalue weighted by molar-refractivity contribution is 8.14. The molecule has 1 aromatic rings. The van der Waals surface area contributed by atoms with Crippen molar-refractivity contribution in [1.29, 1.82) is 0 Å². The fourth-order valence-corrected chi connectivity index (χ4v) is 3.34. The lowest BCUT2D eigenvalue weighted by Crippen LogP contribution is -2.34. The molecule has 1 fully saturated rings. The maximum Gasteiger partial charge on any atom is 0.162 e. The second-order valence-electron chi connectivity index (χ2n) is 4.54. The number of anilines is 1. The van der Waals surface area contributed by atoms with Gasteiger partial charge in [0.2, 0.25) is 0 Å². The van der Waals surface area contributed by atoms with Crippen LogP contribution < -0.4 is 5.32 Å². The Morgan fingerprint density at radius 1 is 1.47 bits per heavy atom. The summed E-state index contributed by atoms with van der Waals surface area (Å²) < 4.78 is 7.18. The zero-order chi connectivity index (χ0) is 11.7. The van der Waals surface area contributed by atoms with E-state index in [1.165, 1.54) is 0 Å². The zero-order valence-corrected chi connectivity index (χ0v) is 10.7. The van der Waals surface area contributed by atoms with E-state index in [1.54, 1.807) is 16.4 Å². The fraction of sp³-hybridized carbons (Fsp3) is 0.636. The first kappa shape index (κ1) is 11.1. The number of hydrogen-bond donors (Lipinski definition) is 1. The van der Waals surface area contributed by atoms with Crippen LogP contribution in [0.1, 0.15) is 12.8 Å². The molecule has 2 aliphatic rings. The summed E-state index contributed by atoms with van der Waals surface area (Å²) in [6.07, 6.45) is 3.99. The predicted octanol–water partition coefficient (Wildman–Crippen LogP) is 1.48. The molecule has 0 radical (unpaired) electrons. The van der Waals surface area contributed by atoms with Gasteiger partial charge in [-0.1, -0.05) is 11.8 Å². The summed E-state index contributed by atoms with van der Waals surface area (Å²) in [5.74, 6) is 1.92. The van der Waals surface area contributed by atoms with Crippen LogP contribution in [0.2, 0.25) is 0 Å². The summed E-state index contributed by atoms with van der Waals surface area (Å²) in [4.78, 5) is 4.82. The van der Waals surface area contributed by atoms with Crippen molar-refractivity contribution < 1.29 is 4.74 Å². The quantitative estimate of drug-likeness (QED) is 0.822. The number of thioether (sulfide) groups is 1. The third-order valence-electron chi connectivity index (χ3n) is 3.19. The molecule has 0 aromatic carbocycles. The summed E-state index contributed by atoms with van der Waals surface area (Å²) >= 11 is 1.79. The first-order chi connectivity index (χ1) is 8.26. The summed E-state index contributed by atoms with van der Waals surface area (Å²) in [5, 5.41) is 8.56. The molecule has 1 N–H and O–H groups in total. The number of aliphatic imine (C=N–C) groups is 1. The first-order valence-corrected chi connectivity index (χ1v) is 6.81. The molecular weight excluding hydrogens is 236 g/mol. The van der Waals surface area contributed by atoms with Gasteiger partial charge in [-0.15, -0.1) is 0 Å².